The molecule has 3 nitrogen and oxygen atoms in total. The molecule has 0 bridgehead atoms. The highest BCUT2D eigenvalue weighted by Crippen LogP contribution is 2.35. The van der Waals surface area contributed by atoms with Crippen LogP contribution in [0.1, 0.15) is 22.3 Å². The highest BCUT2D eigenvalue weighted by molar-refractivity contribution is 9.15. The largest absolute Gasteiger partial charge is 0.273 e. The summed E-state index contributed by atoms with van der Waals surface area (Å²) in [5.74, 6) is -0.0887. The van der Waals surface area contributed by atoms with Crippen LogP contribution in [0.2, 0.25) is 0 Å². The molecule has 0 N–H and O–H groups in total. The van der Waals surface area contributed by atoms with Crippen molar-refractivity contribution in [2.24, 2.45) is 0 Å². The standard InChI is InChI=1S/C16H13BrN2O/c17-16-13(6-5-12-3-1-2-4-14(12)16)7-8-15(20)19-10-9-18-11-19/h1-4,7-11H,5-6H2. The fraction of sp³-hybridized carbons (Fsp3) is 0.125. The van der Waals surface area contributed by atoms with E-state index in [4.69, 9.17) is 0 Å². The van der Waals surface area contributed by atoms with E-state index in [1.807, 2.05) is 12.1 Å². The number of hydrogen-bond donors (Lipinski definition) is 0. The maximum atomic E-state index is 11.9. The van der Waals surface area contributed by atoms with Gasteiger partial charge in [-0.05, 0) is 45.5 Å². The van der Waals surface area contributed by atoms with Crippen LogP contribution in [0.4, 0.5) is 0 Å². The number of carbonyl (C=O) groups excluding carboxylic acids is 1. The average molecular weight is 329 g/mol. The molecule has 1 heterocycles. The van der Waals surface area contributed by atoms with Crippen LogP contribution in [-0.4, -0.2) is 15.5 Å². The number of hydrogen-bond acceptors (Lipinski definition) is 2. The van der Waals surface area contributed by atoms with Crippen LogP contribution in [-0.2, 0) is 6.42 Å². The molecule has 0 atom stereocenters. The number of rotatable bonds is 2. The predicted molar refractivity (Wildman–Crippen MR) is 82.6 cm³/mol. The van der Waals surface area contributed by atoms with Crippen molar-refractivity contribution in [2.45, 2.75) is 12.8 Å². The molecule has 0 unspecified atom stereocenters. The minimum atomic E-state index is -0.0887. The number of allylic oxidation sites excluding steroid dienone is 3. The Morgan fingerprint density at radius 2 is 2.15 bits per heavy atom. The van der Waals surface area contributed by atoms with Gasteiger partial charge in [-0.15, -0.1) is 0 Å². The van der Waals surface area contributed by atoms with Crippen molar-refractivity contribution in [3.63, 3.8) is 0 Å². The van der Waals surface area contributed by atoms with Crippen molar-refractivity contribution in [1.29, 1.82) is 0 Å². The lowest BCUT2D eigenvalue weighted by Gasteiger charge is -2.17. The average Bonchev–Trinajstić information content (AvgIpc) is 3.01. The Balaban J connectivity index is 1.87. The van der Waals surface area contributed by atoms with Crippen LogP contribution < -0.4 is 0 Å². The molecular formula is C16H13BrN2O. The Hall–Kier alpha value is -1.94. The molecule has 0 saturated heterocycles. The third-order valence-electron chi connectivity index (χ3n) is 3.39. The van der Waals surface area contributed by atoms with Gasteiger partial charge in [-0.1, -0.05) is 30.3 Å². The molecule has 1 aliphatic rings. The summed E-state index contributed by atoms with van der Waals surface area (Å²) in [6.07, 6.45) is 10.2. The number of carbonyl (C=O) groups is 1. The van der Waals surface area contributed by atoms with E-state index in [0.717, 1.165) is 22.9 Å². The number of halogens is 1. The molecule has 100 valence electrons. The van der Waals surface area contributed by atoms with Crippen LogP contribution in [0.3, 0.4) is 0 Å². The van der Waals surface area contributed by atoms with Crippen LogP contribution in [0.25, 0.3) is 4.48 Å². The molecule has 0 fully saturated rings. The molecule has 1 aromatic heterocycles. The summed E-state index contributed by atoms with van der Waals surface area (Å²) in [4.78, 5) is 15.8. The molecule has 1 aliphatic carbocycles. The lowest BCUT2D eigenvalue weighted by atomic mass is 9.92. The summed E-state index contributed by atoms with van der Waals surface area (Å²) in [5.41, 5.74) is 3.71. The summed E-state index contributed by atoms with van der Waals surface area (Å²) in [7, 11) is 0. The zero-order chi connectivity index (χ0) is 13.9. The summed E-state index contributed by atoms with van der Waals surface area (Å²) in [5, 5.41) is 0. The van der Waals surface area contributed by atoms with Gasteiger partial charge in [0.15, 0.2) is 0 Å². The van der Waals surface area contributed by atoms with E-state index in [-0.39, 0.29) is 5.91 Å². The first-order valence-electron chi connectivity index (χ1n) is 6.43. The smallest absolute Gasteiger partial charge is 0.255 e. The molecule has 0 aliphatic heterocycles. The zero-order valence-corrected chi connectivity index (χ0v) is 12.4. The fourth-order valence-corrected chi connectivity index (χ4v) is 3.03. The van der Waals surface area contributed by atoms with E-state index in [9.17, 15) is 4.79 Å². The van der Waals surface area contributed by atoms with Crippen molar-refractivity contribution >= 4 is 26.3 Å². The van der Waals surface area contributed by atoms with E-state index in [1.54, 1.807) is 18.5 Å². The highest BCUT2D eigenvalue weighted by Gasteiger charge is 2.15. The monoisotopic (exact) mass is 328 g/mol. The maximum Gasteiger partial charge on any atom is 0.255 e. The first-order valence-corrected chi connectivity index (χ1v) is 7.22. The van der Waals surface area contributed by atoms with Crippen LogP contribution in [0.15, 0.2) is 60.7 Å². The number of fused-ring (bicyclic) bond motifs is 1. The zero-order valence-electron chi connectivity index (χ0n) is 10.8. The van der Waals surface area contributed by atoms with E-state index in [2.05, 4.69) is 39.1 Å². The number of benzene rings is 1. The van der Waals surface area contributed by atoms with Gasteiger partial charge in [0.2, 0.25) is 0 Å². The minimum Gasteiger partial charge on any atom is -0.273 e. The van der Waals surface area contributed by atoms with Gasteiger partial charge in [0.25, 0.3) is 5.91 Å². The molecule has 20 heavy (non-hydrogen) atoms. The Kier molecular flexibility index (Phi) is 3.65. The Morgan fingerprint density at radius 1 is 1.30 bits per heavy atom. The van der Waals surface area contributed by atoms with Crippen molar-refractivity contribution < 1.29 is 4.79 Å². The van der Waals surface area contributed by atoms with Gasteiger partial charge in [-0.2, -0.15) is 0 Å². The Labute approximate surface area is 125 Å². The van der Waals surface area contributed by atoms with Crippen LogP contribution in [0, 0.1) is 0 Å². The predicted octanol–water partition coefficient (Wildman–Crippen LogP) is 3.83. The van der Waals surface area contributed by atoms with Gasteiger partial charge in [-0.25, -0.2) is 4.98 Å². The molecule has 3 rings (SSSR count). The number of aromatic nitrogens is 2. The minimum absolute atomic E-state index is 0.0887. The van der Waals surface area contributed by atoms with Crippen LogP contribution in [0.5, 0.6) is 0 Å². The normalized spacial score (nSPS) is 14.7. The van der Waals surface area contributed by atoms with E-state index < -0.39 is 0 Å². The molecule has 2 aromatic rings. The summed E-state index contributed by atoms with van der Waals surface area (Å²) >= 11 is 3.65. The second-order valence-electron chi connectivity index (χ2n) is 4.64. The van der Waals surface area contributed by atoms with Gasteiger partial charge in [0.05, 0.1) is 0 Å². The third kappa shape index (κ3) is 2.51. The molecule has 0 radical (unpaired) electrons. The van der Waals surface area contributed by atoms with Crippen molar-refractivity contribution in [1.82, 2.24) is 9.55 Å². The van der Waals surface area contributed by atoms with Gasteiger partial charge in [-0.3, -0.25) is 9.36 Å². The second-order valence-corrected chi connectivity index (χ2v) is 5.43. The fourth-order valence-electron chi connectivity index (χ4n) is 2.31. The van der Waals surface area contributed by atoms with Crippen molar-refractivity contribution in [3.05, 3.63) is 71.8 Å². The first-order chi connectivity index (χ1) is 9.75. The lowest BCUT2D eigenvalue weighted by molar-refractivity contribution is 0.0968. The summed E-state index contributed by atoms with van der Waals surface area (Å²) in [6, 6.07) is 8.34. The summed E-state index contributed by atoms with van der Waals surface area (Å²) in [6.45, 7) is 0. The Bertz CT molecular complexity index is 699. The quantitative estimate of drug-likeness (QED) is 0.785. The van der Waals surface area contributed by atoms with Gasteiger partial charge in [0.1, 0.15) is 6.33 Å². The number of aryl methyl sites for hydroxylation is 1. The van der Waals surface area contributed by atoms with Crippen molar-refractivity contribution in [2.75, 3.05) is 0 Å². The molecule has 1 aromatic carbocycles. The number of imidazole rings is 1. The molecule has 0 saturated carbocycles. The lowest BCUT2D eigenvalue weighted by Crippen LogP contribution is -2.05. The van der Waals surface area contributed by atoms with Gasteiger partial charge in [0, 0.05) is 23.0 Å². The molecule has 0 amide bonds. The van der Waals surface area contributed by atoms with E-state index >= 15 is 0 Å². The Morgan fingerprint density at radius 3 is 2.95 bits per heavy atom. The van der Waals surface area contributed by atoms with E-state index in [1.165, 1.54) is 22.0 Å². The summed E-state index contributed by atoms with van der Waals surface area (Å²) < 4.78 is 2.54. The van der Waals surface area contributed by atoms with Crippen LogP contribution >= 0.6 is 15.9 Å². The molecular weight excluding hydrogens is 316 g/mol. The second kappa shape index (κ2) is 5.59. The SMILES string of the molecule is O=C(C=CC1=C(Br)c2ccccc2CC1)n1ccnc1. The molecule has 0 spiro atoms. The topological polar surface area (TPSA) is 34.9 Å². The molecule has 4 heteroatoms. The van der Waals surface area contributed by atoms with Gasteiger partial charge < -0.3 is 0 Å². The van der Waals surface area contributed by atoms with Crippen molar-refractivity contribution in [3.8, 4) is 0 Å². The maximum absolute atomic E-state index is 11.9. The first kappa shape index (κ1) is 13.1. The highest BCUT2D eigenvalue weighted by atomic mass is 79.9. The third-order valence-corrected chi connectivity index (χ3v) is 4.32. The number of nitrogens with zero attached hydrogens (tertiary/aromatic N) is 2. The van der Waals surface area contributed by atoms with Gasteiger partial charge >= 0.3 is 0 Å². The van der Waals surface area contributed by atoms with E-state index in [0.29, 0.717) is 0 Å².